The van der Waals surface area contributed by atoms with E-state index in [1.165, 1.54) is 6.92 Å². The molecule has 2 unspecified atom stereocenters. The molecule has 0 saturated heterocycles. The van der Waals surface area contributed by atoms with Gasteiger partial charge < -0.3 is 10.2 Å². The summed E-state index contributed by atoms with van der Waals surface area (Å²) in [6.07, 6.45) is -0.986. The molecule has 12 heavy (non-hydrogen) atoms. The van der Waals surface area contributed by atoms with Gasteiger partial charge in [-0.25, -0.2) is 0 Å². The number of aliphatic hydroxyl groups is 2. The number of nitrogens with two attached hydrogens (primary N) is 1. The summed E-state index contributed by atoms with van der Waals surface area (Å²) in [4.78, 5) is 0. The fraction of sp³-hybridized carbons (Fsp3) is 0.333. The van der Waals surface area contributed by atoms with E-state index in [4.69, 9.17) is 10.8 Å². The smallest absolute Gasteiger partial charge is 0.165 e. The minimum atomic E-state index is -1.65. The minimum Gasteiger partial charge on any atom is -0.389 e. The molecule has 3 nitrogen and oxygen atoms in total. The fourth-order valence-electron chi connectivity index (χ4n) is 0.946. The summed E-state index contributed by atoms with van der Waals surface area (Å²) in [6, 6.07) is 8.69. The molecular weight excluding hydrogens is 154 g/mol. The molecule has 0 radical (unpaired) electrons. The first-order chi connectivity index (χ1) is 5.55. The summed E-state index contributed by atoms with van der Waals surface area (Å²) in [5.74, 6) is 0. The Morgan fingerprint density at radius 3 is 2.25 bits per heavy atom. The van der Waals surface area contributed by atoms with E-state index in [-0.39, 0.29) is 0 Å². The summed E-state index contributed by atoms with van der Waals surface area (Å²) in [7, 11) is 0. The van der Waals surface area contributed by atoms with Crippen LogP contribution < -0.4 is 5.73 Å². The fourth-order valence-corrected chi connectivity index (χ4v) is 0.946. The van der Waals surface area contributed by atoms with E-state index in [1.54, 1.807) is 24.3 Å². The predicted octanol–water partition coefficient (Wildman–Crippen LogP) is 0.171. The van der Waals surface area contributed by atoms with Crippen LogP contribution in [0.4, 0.5) is 0 Å². The summed E-state index contributed by atoms with van der Waals surface area (Å²) < 4.78 is 0. The van der Waals surface area contributed by atoms with Gasteiger partial charge in [0.2, 0.25) is 0 Å². The normalized spacial score (nSPS) is 18.3. The van der Waals surface area contributed by atoms with Crippen LogP contribution in [0.5, 0.6) is 0 Å². The Balaban J connectivity index is 2.98. The van der Waals surface area contributed by atoms with Crippen molar-refractivity contribution < 1.29 is 10.2 Å². The Hall–Kier alpha value is -0.900. The molecule has 0 spiro atoms. The van der Waals surface area contributed by atoms with Crippen LogP contribution in [0.1, 0.15) is 12.5 Å². The molecular formula is C9H13NO2. The first kappa shape index (κ1) is 9.19. The topological polar surface area (TPSA) is 66.5 Å². The number of rotatable bonds is 2. The summed E-state index contributed by atoms with van der Waals surface area (Å²) in [6.45, 7) is 1.45. The van der Waals surface area contributed by atoms with E-state index in [9.17, 15) is 5.11 Å². The van der Waals surface area contributed by atoms with Gasteiger partial charge in [0.1, 0.15) is 0 Å². The summed E-state index contributed by atoms with van der Waals surface area (Å²) in [5.41, 5.74) is 4.35. The van der Waals surface area contributed by atoms with Crippen molar-refractivity contribution in [3.8, 4) is 0 Å². The van der Waals surface area contributed by atoms with Gasteiger partial charge in [0.05, 0.1) is 6.10 Å². The van der Waals surface area contributed by atoms with Crippen molar-refractivity contribution in [3.63, 3.8) is 0 Å². The highest BCUT2D eigenvalue weighted by molar-refractivity contribution is 5.21. The van der Waals surface area contributed by atoms with Crippen LogP contribution >= 0.6 is 0 Å². The summed E-state index contributed by atoms with van der Waals surface area (Å²) in [5, 5.41) is 18.7. The van der Waals surface area contributed by atoms with Crippen molar-refractivity contribution in [2.45, 2.75) is 18.8 Å². The van der Waals surface area contributed by atoms with Crippen LogP contribution in [0, 0.1) is 0 Å². The third kappa shape index (κ3) is 1.64. The Bertz CT molecular complexity index is 244. The predicted molar refractivity (Wildman–Crippen MR) is 46.2 cm³/mol. The van der Waals surface area contributed by atoms with Crippen molar-refractivity contribution in [1.29, 1.82) is 0 Å². The highest BCUT2D eigenvalue weighted by Gasteiger charge is 2.29. The molecule has 0 aliphatic rings. The quantitative estimate of drug-likeness (QED) is 0.550. The molecule has 1 rings (SSSR count). The monoisotopic (exact) mass is 167 g/mol. The lowest BCUT2D eigenvalue weighted by atomic mass is 9.99. The zero-order valence-corrected chi connectivity index (χ0v) is 6.94. The molecule has 3 heteroatoms. The SMILES string of the molecule is CC(O)C(N)(O)c1ccccc1. The highest BCUT2D eigenvalue weighted by Crippen LogP contribution is 2.18. The molecule has 0 heterocycles. The van der Waals surface area contributed by atoms with Crippen LogP contribution in [-0.4, -0.2) is 16.3 Å². The standard InChI is InChI=1S/C9H13NO2/c1-7(11)9(10,12)8-5-3-2-4-6-8/h2-7,11-12H,10H2,1H3. The maximum absolute atomic E-state index is 9.59. The van der Waals surface area contributed by atoms with Crippen LogP contribution in [-0.2, 0) is 5.72 Å². The van der Waals surface area contributed by atoms with Crippen molar-refractivity contribution in [3.05, 3.63) is 35.9 Å². The number of benzene rings is 1. The highest BCUT2D eigenvalue weighted by atomic mass is 16.4. The van der Waals surface area contributed by atoms with Crippen molar-refractivity contribution in [1.82, 2.24) is 0 Å². The molecule has 0 amide bonds. The van der Waals surface area contributed by atoms with Crippen LogP contribution in [0.25, 0.3) is 0 Å². The van der Waals surface area contributed by atoms with Crippen molar-refractivity contribution >= 4 is 0 Å². The van der Waals surface area contributed by atoms with E-state index >= 15 is 0 Å². The number of aliphatic hydroxyl groups excluding tert-OH is 1. The lowest BCUT2D eigenvalue weighted by Gasteiger charge is -2.26. The second-order valence-electron chi connectivity index (χ2n) is 2.87. The first-order valence-electron chi connectivity index (χ1n) is 3.80. The van der Waals surface area contributed by atoms with E-state index in [0.717, 1.165) is 0 Å². The second-order valence-corrected chi connectivity index (χ2v) is 2.87. The molecule has 1 aromatic rings. The molecule has 0 aliphatic carbocycles. The molecule has 0 aliphatic heterocycles. The minimum absolute atomic E-state index is 0.514. The van der Waals surface area contributed by atoms with Crippen LogP contribution in [0.2, 0.25) is 0 Å². The first-order valence-corrected chi connectivity index (χ1v) is 3.80. The molecule has 0 bridgehead atoms. The van der Waals surface area contributed by atoms with Gasteiger partial charge in [-0.1, -0.05) is 30.3 Å². The third-order valence-electron chi connectivity index (χ3n) is 1.87. The molecule has 0 fully saturated rings. The number of hydrogen-bond donors (Lipinski definition) is 3. The molecule has 0 aromatic heterocycles. The van der Waals surface area contributed by atoms with E-state index < -0.39 is 11.8 Å². The van der Waals surface area contributed by atoms with Crippen LogP contribution in [0.15, 0.2) is 30.3 Å². The van der Waals surface area contributed by atoms with Crippen LogP contribution in [0.3, 0.4) is 0 Å². The average molecular weight is 167 g/mol. The van der Waals surface area contributed by atoms with Gasteiger partial charge in [-0.3, -0.25) is 5.73 Å². The average Bonchev–Trinajstić information content (AvgIpc) is 2.06. The Kier molecular flexibility index (Phi) is 2.47. The molecule has 66 valence electrons. The second kappa shape index (κ2) is 3.23. The lowest BCUT2D eigenvalue weighted by molar-refractivity contribution is -0.0669. The van der Waals surface area contributed by atoms with Gasteiger partial charge >= 0.3 is 0 Å². The van der Waals surface area contributed by atoms with Crippen molar-refractivity contribution in [2.24, 2.45) is 5.73 Å². The van der Waals surface area contributed by atoms with E-state index in [1.807, 2.05) is 6.07 Å². The van der Waals surface area contributed by atoms with Gasteiger partial charge in [-0.2, -0.15) is 0 Å². The van der Waals surface area contributed by atoms with Gasteiger partial charge in [0.15, 0.2) is 5.72 Å². The zero-order chi connectivity index (χ0) is 9.19. The lowest BCUT2D eigenvalue weighted by Crippen LogP contribution is -2.46. The molecule has 2 atom stereocenters. The van der Waals surface area contributed by atoms with Gasteiger partial charge in [-0.15, -0.1) is 0 Å². The van der Waals surface area contributed by atoms with E-state index in [2.05, 4.69) is 0 Å². The van der Waals surface area contributed by atoms with Gasteiger partial charge in [0, 0.05) is 5.56 Å². The number of hydrogen-bond acceptors (Lipinski definition) is 3. The Morgan fingerprint density at radius 1 is 1.33 bits per heavy atom. The molecule has 0 saturated carbocycles. The maximum Gasteiger partial charge on any atom is 0.165 e. The summed E-state index contributed by atoms with van der Waals surface area (Å²) >= 11 is 0. The zero-order valence-electron chi connectivity index (χ0n) is 6.94. The third-order valence-corrected chi connectivity index (χ3v) is 1.87. The van der Waals surface area contributed by atoms with E-state index in [0.29, 0.717) is 5.56 Å². The largest absolute Gasteiger partial charge is 0.389 e. The Labute approximate surface area is 71.5 Å². The Morgan fingerprint density at radius 2 is 1.83 bits per heavy atom. The van der Waals surface area contributed by atoms with Gasteiger partial charge in [0.25, 0.3) is 0 Å². The van der Waals surface area contributed by atoms with Crippen molar-refractivity contribution in [2.75, 3.05) is 0 Å². The molecule has 1 aromatic carbocycles. The molecule has 4 N–H and O–H groups in total. The maximum atomic E-state index is 9.59. The van der Waals surface area contributed by atoms with Gasteiger partial charge in [-0.05, 0) is 6.92 Å².